The van der Waals surface area contributed by atoms with Crippen molar-refractivity contribution in [3.63, 3.8) is 0 Å². The van der Waals surface area contributed by atoms with Crippen molar-refractivity contribution < 1.29 is 0 Å². The summed E-state index contributed by atoms with van der Waals surface area (Å²) in [6.45, 7) is 4.67. The lowest BCUT2D eigenvalue weighted by atomic mass is 9.99. The fraction of sp³-hybridized carbons (Fsp3) is 0.286. The first-order valence-electron chi connectivity index (χ1n) is 5.83. The third-order valence-corrected chi connectivity index (χ3v) is 2.72. The third kappa shape index (κ3) is 2.50. The molecule has 0 aliphatic carbocycles. The number of hydrogen-bond acceptors (Lipinski definition) is 3. The van der Waals surface area contributed by atoms with E-state index in [0.717, 1.165) is 16.8 Å². The summed E-state index contributed by atoms with van der Waals surface area (Å²) in [6.07, 6.45) is 1.89. The normalized spacial score (nSPS) is 10.8. The van der Waals surface area contributed by atoms with E-state index in [2.05, 4.69) is 35.9 Å². The Morgan fingerprint density at radius 1 is 1.18 bits per heavy atom. The Labute approximate surface area is 102 Å². The fourth-order valence-electron chi connectivity index (χ4n) is 1.78. The first-order valence-corrected chi connectivity index (χ1v) is 5.83. The van der Waals surface area contributed by atoms with Gasteiger partial charge < -0.3 is 5.73 Å². The molecular weight excluding hydrogens is 210 g/mol. The van der Waals surface area contributed by atoms with E-state index in [9.17, 15) is 0 Å². The lowest BCUT2D eigenvalue weighted by Gasteiger charge is -2.12. The van der Waals surface area contributed by atoms with Crippen LogP contribution in [0.4, 0.5) is 0 Å². The largest absolute Gasteiger partial charge is 0.324 e. The summed E-state index contributed by atoms with van der Waals surface area (Å²) >= 11 is 0. The van der Waals surface area contributed by atoms with Gasteiger partial charge >= 0.3 is 0 Å². The first kappa shape index (κ1) is 11.7. The van der Waals surface area contributed by atoms with E-state index in [1.54, 1.807) is 0 Å². The van der Waals surface area contributed by atoms with Gasteiger partial charge in [0, 0.05) is 11.8 Å². The molecule has 1 aromatic carbocycles. The summed E-state index contributed by atoms with van der Waals surface area (Å²) in [4.78, 5) is 8.82. The van der Waals surface area contributed by atoms with Crippen molar-refractivity contribution in [2.75, 3.05) is 0 Å². The highest BCUT2D eigenvalue weighted by atomic mass is 14.9. The first-order chi connectivity index (χ1) is 8.22. The molecule has 0 aliphatic heterocycles. The molecule has 0 unspecified atom stereocenters. The van der Waals surface area contributed by atoms with Crippen LogP contribution in [0.3, 0.4) is 0 Å². The molecule has 0 amide bonds. The van der Waals surface area contributed by atoms with Gasteiger partial charge in [-0.3, -0.25) is 0 Å². The zero-order chi connectivity index (χ0) is 12.3. The van der Waals surface area contributed by atoms with Gasteiger partial charge in [0.15, 0.2) is 0 Å². The van der Waals surface area contributed by atoms with Crippen LogP contribution in [-0.4, -0.2) is 9.97 Å². The SMILES string of the molecule is CC(C)c1cnc(CN)nc1-c1ccccc1. The maximum Gasteiger partial charge on any atom is 0.142 e. The topological polar surface area (TPSA) is 51.8 Å². The second-order valence-corrected chi connectivity index (χ2v) is 4.32. The fourth-order valence-corrected chi connectivity index (χ4v) is 1.78. The lowest BCUT2D eigenvalue weighted by Crippen LogP contribution is -2.06. The molecule has 88 valence electrons. The van der Waals surface area contributed by atoms with Gasteiger partial charge in [-0.2, -0.15) is 0 Å². The van der Waals surface area contributed by atoms with Crippen molar-refractivity contribution in [1.29, 1.82) is 0 Å². The van der Waals surface area contributed by atoms with Crippen LogP contribution >= 0.6 is 0 Å². The van der Waals surface area contributed by atoms with E-state index in [-0.39, 0.29) is 0 Å². The van der Waals surface area contributed by atoms with Gasteiger partial charge in [-0.1, -0.05) is 44.2 Å². The Kier molecular flexibility index (Phi) is 3.49. The summed E-state index contributed by atoms with van der Waals surface area (Å²) in [5.41, 5.74) is 8.87. The van der Waals surface area contributed by atoms with Gasteiger partial charge in [-0.05, 0) is 11.5 Å². The zero-order valence-corrected chi connectivity index (χ0v) is 10.2. The van der Waals surface area contributed by atoms with Crippen molar-refractivity contribution in [1.82, 2.24) is 9.97 Å². The average molecular weight is 227 g/mol. The number of rotatable bonds is 3. The van der Waals surface area contributed by atoms with Crippen molar-refractivity contribution in [3.05, 3.63) is 47.9 Å². The van der Waals surface area contributed by atoms with E-state index in [4.69, 9.17) is 5.73 Å². The molecule has 0 aliphatic rings. The van der Waals surface area contributed by atoms with Crippen LogP contribution in [-0.2, 0) is 6.54 Å². The molecule has 0 bridgehead atoms. The maximum absolute atomic E-state index is 5.60. The molecular formula is C14H17N3. The highest BCUT2D eigenvalue weighted by Gasteiger charge is 2.11. The smallest absolute Gasteiger partial charge is 0.142 e. The van der Waals surface area contributed by atoms with E-state index in [0.29, 0.717) is 18.3 Å². The molecule has 3 heteroatoms. The zero-order valence-electron chi connectivity index (χ0n) is 10.2. The quantitative estimate of drug-likeness (QED) is 0.877. The summed E-state index contributed by atoms with van der Waals surface area (Å²) in [6, 6.07) is 10.2. The summed E-state index contributed by atoms with van der Waals surface area (Å²) in [5.74, 6) is 1.09. The van der Waals surface area contributed by atoms with E-state index in [1.807, 2.05) is 24.4 Å². The molecule has 0 saturated carbocycles. The standard InChI is InChI=1S/C14H17N3/c1-10(2)12-9-16-13(8-15)17-14(12)11-6-4-3-5-7-11/h3-7,9-10H,8,15H2,1-2H3. The predicted octanol–water partition coefficient (Wildman–Crippen LogP) is 2.73. The molecule has 2 rings (SSSR count). The molecule has 0 fully saturated rings. The average Bonchev–Trinajstić information content (AvgIpc) is 2.39. The highest BCUT2D eigenvalue weighted by molar-refractivity contribution is 5.63. The molecule has 0 atom stereocenters. The van der Waals surface area contributed by atoms with Gasteiger partial charge in [0.1, 0.15) is 5.82 Å². The number of aromatic nitrogens is 2. The molecule has 1 aromatic heterocycles. The second kappa shape index (κ2) is 5.06. The van der Waals surface area contributed by atoms with Gasteiger partial charge in [-0.25, -0.2) is 9.97 Å². The van der Waals surface area contributed by atoms with Crippen LogP contribution in [0.15, 0.2) is 36.5 Å². The van der Waals surface area contributed by atoms with Gasteiger partial charge in [0.05, 0.1) is 12.2 Å². The number of hydrogen-bond donors (Lipinski definition) is 1. The van der Waals surface area contributed by atoms with E-state index in [1.165, 1.54) is 0 Å². The molecule has 2 N–H and O–H groups in total. The molecule has 17 heavy (non-hydrogen) atoms. The third-order valence-electron chi connectivity index (χ3n) is 2.72. The lowest BCUT2D eigenvalue weighted by molar-refractivity contribution is 0.824. The van der Waals surface area contributed by atoms with Crippen molar-refractivity contribution >= 4 is 0 Å². The van der Waals surface area contributed by atoms with E-state index < -0.39 is 0 Å². The number of benzene rings is 1. The highest BCUT2D eigenvalue weighted by Crippen LogP contribution is 2.26. The summed E-state index contributed by atoms with van der Waals surface area (Å²) in [5, 5.41) is 0. The van der Waals surface area contributed by atoms with Gasteiger partial charge in [0.2, 0.25) is 0 Å². The van der Waals surface area contributed by atoms with Crippen LogP contribution in [0, 0.1) is 0 Å². The van der Waals surface area contributed by atoms with Crippen LogP contribution in [0.25, 0.3) is 11.3 Å². The van der Waals surface area contributed by atoms with Crippen LogP contribution in [0.1, 0.15) is 31.2 Å². The second-order valence-electron chi connectivity index (χ2n) is 4.32. The minimum absolute atomic E-state index is 0.373. The molecule has 0 spiro atoms. The van der Waals surface area contributed by atoms with Crippen LogP contribution in [0.2, 0.25) is 0 Å². The van der Waals surface area contributed by atoms with Crippen LogP contribution < -0.4 is 5.73 Å². The Bertz CT molecular complexity index is 492. The Hall–Kier alpha value is -1.74. The molecule has 1 heterocycles. The Morgan fingerprint density at radius 3 is 2.47 bits per heavy atom. The van der Waals surface area contributed by atoms with Crippen molar-refractivity contribution in [3.8, 4) is 11.3 Å². The minimum atomic E-state index is 0.373. The molecule has 0 saturated heterocycles. The van der Waals surface area contributed by atoms with Gasteiger partial charge in [-0.15, -0.1) is 0 Å². The van der Waals surface area contributed by atoms with Gasteiger partial charge in [0.25, 0.3) is 0 Å². The minimum Gasteiger partial charge on any atom is -0.324 e. The number of nitrogens with zero attached hydrogens (tertiary/aromatic N) is 2. The summed E-state index contributed by atoms with van der Waals surface area (Å²) < 4.78 is 0. The molecule has 2 aromatic rings. The predicted molar refractivity (Wildman–Crippen MR) is 69.4 cm³/mol. The van der Waals surface area contributed by atoms with Crippen molar-refractivity contribution in [2.45, 2.75) is 26.3 Å². The Morgan fingerprint density at radius 2 is 1.88 bits per heavy atom. The van der Waals surface area contributed by atoms with Crippen LogP contribution in [0.5, 0.6) is 0 Å². The summed E-state index contributed by atoms with van der Waals surface area (Å²) in [7, 11) is 0. The van der Waals surface area contributed by atoms with E-state index >= 15 is 0 Å². The monoisotopic (exact) mass is 227 g/mol. The number of nitrogens with two attached hydrogens (primary N) is 1. The molecule has 3 nitrogen and oxygen atoms in total. The maximum atomic E-state index is 5.60. The Balaban J connectivity index is 2.57. The van der Waals surface area contributed by atoms with Crippen molar-refractivity contribution in [2.24, 2.45) is 5.73 Å². The molecule has 0 radical (unpaired) electrons.